The molecule has 7 heteroatoms. The highest BCUT2D eigenvalue weighted by molar-refractivity contribution is 5.28. The van der Waals surface area contributed by atoms with E-state index in [1.807, 2.05) is 0 Å². The molecule has 0 spiro atoms. The predicted molar refractivity (Wildman–Crippen MR) is 56.8 cm³/mol. The lowest BCUT2D eigenvalue weighted by molar-refractivity contribution is -0.253. The molecule has 3 nitrogen and oxygen atoms in total. The van der Waals surface area contributed by atoms with E-state index in [-0.39, 0.29) is 12.4 Å². The molecule has 18 heavy (non-hydrogen) atoms. The lowest BCUT2D eigenvalue weighted by atomic mass is 10.1. The SMILES string of the molecule is NC(CO)Cc1ccc(OC(F)(F)C(F)F)cc1. The Morgan fingerprint density at radius 1 is 1.22 bits per heavy atom. The zero-order chi connectivity index (χ0) is 13.8. The summed E-state index contributed by atoms with van der Waals surface area (Å²) in [7, 11) is 0. The number of halogens is 4. The number of nitrogens with two attached hydrogens (primary N) is 1. The summed E-state index contributed by atoms with van der Waals surface area (Å²) in [5.41, 5.74) is 6.17. The zero-order valence-electron chi connectivity index (χ0n) is 9.32. The first kappa shape index (κ1) is 14.7. The van der Waals surface area contributed by atoms with Gasteiger partial charge in [0.15, 0.2) is 0 Å². The van der Waals surface area contributed by atoms with Crippen LogP contribution in [-0.2, 0) is 6.42 Å². The molecule has 1 rings (SSSR count). The minimum absolute atomic E-state index is 0.207. The molecular formula is C11H13F4NO2. The summed E-state index contributed by atoms with van der Waals surface area (Å²) in [6, 6.07) is 4.68. The molecule has 0 heterocycles. The van der Waals surface area contributed by atoms with Crippen LogP contribution in [0.15, 0.2) is 24.3 Å². The molecule has 0 amide bonds. The van der Waals surface area contributed by atoms with Gasteiger partial charge in [0.2, 0.25) is 0 Å². The molecule has 1 aromatic rings. The second-order valence-corrected chi connectivity index (χ2v) is 3.76. The van der Waals surface area contributed by atoms with Gasteiger partial charge >= 0.3 is 12.5 Å². The molecule has 102 valence electrons. The van der Waals surface area contributed by atoms with Crippen LogP contribution >= 0.6 is 0 Å². The Labute approximate surface area is 101 Å². The number of ether oxygens (including phenoxy) is 1. The molecule has 3 N–H and O–H groups in total. The van der Waals surface area contributed by atoms with Gasteiger partial charge in [0.25, 0.3) is 0 Å². The maximum atomic E-state index is 12.6. The summed E-state index contributed by atoms with van der Waals surface area (Å²) in [5, 5.41) is 8.73. The van der Waals surface area contributed by atoms with Gasteiger partial charge < -0.3 is 15.6 Å². The minimum atomic E-state index is -4.51. The van der Waals surface area contributed by atoms with Crippen molar-refractivity contribution in [2.75, 3.05) is 6.61 Å². The van der Waals surface area contributed by atoms with E-state index in [2.05, 4.69) is 4.74 Å². The maximum absolute atomic E-state index is 12.6. The van der Waals surface area contributed by atoms with E-state index in [1.54, 1.807) is 0 Å². The molecule has 0 aliphatic carbocycles. The van der Waals surface area contributed by atoms with Crippen molar-refractivity contribution in [2.45, 2.75) is 25.0 Å². The number of benzene rings is 1. The predicted octanol–water partition coefficient (Wildman–Crippen LogP) is 1.79. The van der Waals surface area contributed by atoms with Crippen molar-refractivity contribution >= 4 is 0 Å². The topological polar surface area (TPSA) is 55.5 Å². The maximum Gasteiger partial charge on any atom is 0.461 e. The van der Waals surface area contributed by atoms with Crippen molar-refractivity contribution in [1.29, 1.82) is 0 Å². The highest BCUT2D eigenvalue weighted by Crippen LogP contribution is 2.27. The van der Waals surface area contributed by atoms with E-state index in [1.165, 1.54) is 12.1 Å². The Bertz CT molecular complexity index is 370. The third-order valence-corrected chi connectivity index (χ3v) is 2.16. The number of aliphatic hydroxyl groups is 1. The van der Waals surface area contributed by atoms with Crippen molar-refractivity contribution in [2.24, 2.45) is 5.73 Å². The van der Waals surface area contributed by atoms with E-state index in [0.29, 0.717) is 12.0 Å². The Morgan fingerprint density at radius 3 is 2.22 bits per heavy atom. The first-order valence-corrected chi connectivity index (χ1v) is 5.15. The minimum Gasteiger partial charge on any atom is -0.428 e. The van der Waals surface area contributed by atoms with Gasteiger partial charge in [-0.25, -0.2) is 0 Å². The van der Waals surface area contributed by atoms with Gasteiger partial charge in [0.1, 0.15) is 5.75 Å². The second kappa shape index (κ2) is 6.01. The summed E-state index contributed by atoms with van der Waals surface area (Å²) in [4.78, 5) is 0. The lowest BCUT2D eigenvalue weighted by Crippen LogP contribution is -2.33. The van der Waals surface area contributed by atoms with Gasteiger partial charge in [0.05, 0.1) is 6.61 Å². The molecule has 0 aromatic heterocycles. The average Bonchev–Trinajstić information content (AvgIpc) is 2.31. The Hall–Kier alpha value is -1.34. The highest BCUT2D eigenvalue weighted by atomic mass is 19.3. The summed E-state index contributed by atoms with van der Waals surface area (Å²) in [6.07, 6.45) is -8.05. The smallest absolute Gasteiger partial charge is 0.428 e. The molecular weight excluding hydrogens is 254 g/mol. The molecule has 0 bridgehead atoms. The van der Waals surface area contributed by atoms with Crippen LogP contribution in [0.3, 0.4) is 0 Å². The quantitative estimate of drug-likeness (QED) is 0.772. The lowest BCUT2D eigenvalue weighted by Gasteiger charge is -2.17. The normalized spacial score (nSPS) is 13.7. The van der Waals surface area contributed by atoms with Crippen molar-refractivity contribution in [3.8, 4) is 5.75 Å². The van der Waals surface area contributed by atoms with Crippen LogP contribution in [0.2, 0.25) is 0 Å². The van der Waals surface area contributed by atoms with Gasteiger partial charge in [-0.2, -0.15) is 17.6 Å². The third-order valence-electron chi connectivity index (χ3n) is 2.16. The molecule has 0 aliphatic rings. The number of alkyl halides is 4. The Balaban J connectivity index is 2.66. The molecule has 0 saturated carbocycles. The van der Waals surface area contributed by atoms with E-state index in [0.717, 1.165) is 12.1 Å². The second-order valence-electron chi connectivity index (χ2n) is 3.76. The van der Waals surface area contributed by atoms with Crippen LogP contribution in [0.5, 0.6) is 5.75 Å². The third kappa shape index (κ3) is 4.15. The molecule has 0 fully saturated rings. The number of hydrogen-bond donors (Lipinski definition) is 2. The fourth-order valence-corrected chi connectivity index (χ4v) is 1.26. The zero-order valence-corrected chi connectivity index (χ0v) is 9.32. The summed E-state index contributed by atoms with van der Waals surface area (Å²) in [5.74, 6) is -0.360. The van der Waals surface area contributed by atoms with Crippen LogP contribution in [0, 0.1) is 0 Å². The standard InChI is InChI=1S/C11H13F4NO2/c12-10(13)11(14,15)18-9-3-1-7(2-4-9)5-8(16)6-17/h1-4,8,10,17H,5-6,16H2. The first-order chi connectivity index (χ1) is 8.35. The highest BCUT2D eigenvalue weighted by Gasteiger charge is 2.43. The molecule has 0 saturated heterocycles. The summed E-state index contributed by atoms with van der Waals surface area (Å²) < 4.78 is 52.8. The van der Waals surface area contributed by atoms with E-state index in [4.69, 9.17) is 10.8 Å². The van der Waals surface area contributed by atoms with Crippen molar-refractivity contribution < 1.29 is 27.4 Å². The van der Waals surface area contributed by atoms with E-state index in [9.17, 15) is 17.6 Å². The fraction of sp³-hybridized carbons (Fsp3) is 0.455. The van der Waals surface area contributed by atoms with Crippen LogP contribution in [0.4, 0.5) is 17.6 Å². The number of aliphatic hydroxyl groups excluding tert-OH is 1. The van der Waals surface area contributed by atoms with Crippen molar-refractivity contribution in [3.63, 3.8) is 0 Å². The van der Waals surface area contributed by atoms with Crippen LogP contribution in [-0.4, -0.2) is 30.3 Å². The van der Waals surface area contributed by atoms with E-state index < -0.39 is 18.6 Å². The van der Waals surface area contributed by atoms with Gasteiger partial charge in [-0.15, -0.1) is 0 Å². The average molecular weight is 267 g/mol. The van der Waals surface area contributed by atoms with Gasteiger partial charge in [-0.1, -0.05) is 12.1 Å². The van der Waals surface area contributed by atoms with Gasteiger partial charge in [-0.3, -0.25) is 0 Å². The van der Waals surface area contributed by atoms with Crippen molar-refractivity contribution in [1.82, 2.24) is 0 Å². The molecule has 0 radical (unpaired) electrons. The molecule has 0 aliphatic heterocycles. The van der Waals surface area contributed by atoms with Gasteiger partial charge in [-0.05, 0) is 24.1 Å². The fourth-order valence-electron chi connectivity index (χ4n) is 1.26. The Kier molecular flexibility index (Phi) is 4.92. The van der Waals surface area contributed by atoms with Crippen LogP contribution in [0.25, 0.3) is 0 Å². The van der Waals surface area contributed by atoms with Crippen LogP contribution < -0.4 is 10.5 Å². The van der Waals surface area contributed by atoms with Gasteiger partial charge in [0, 0.05) is 6.04 Å². The van der Waals surface area contributed by atoms with E-state index >= 15 is 0 Å². The van der Waals surface area contributed by atoms with Crippen LogP contribution in [0.1, 0.15) is 5.56 Å². The Morgan fingerprint density at radius 2 is 1.78 bits per heavy atom. The number of rotatable bonds is 6. The number of hydrogen-bond acceptors (Lipinski definition) is 3. The molecule has 1 atom stereocenters. The summed E-state index contributed by atoms with van der Waals surface area (Å²) in [6.45, 7) is -0.207. The monoisotopic (exact) mass is 267 g/mol. The molecule has 1 unspecified atom stereocenters. The first-order valence-electron chi connectivity index (χ1n) is 5.15. The largest absolute Gasteiger partial charge is 0.461 e. The summed E-state index contributed by atoms with van der Waals surface area (Å²) >= 11 is 0. The molecule has 1 aromatic carbocycles. The van der Waals surface area contributed by atoms with Crippen molar-refractivity contribution in [3.05, 3.63) is 29.8 Å².